The first kappa shape index (κ1) is 22.0. The Hall–Kier alpha value is -4.80. The van der Waals surface area contributed by atoms with E-state index in [1.54, 1.807) is 55.5 Å². The van der Waals surface area contributed by atoms with Gasteiger partial charge < -0.3 is 15.6 Å². The summed E-state index contributed by atoms with van der Waals surface area (Å²) in [4.78, 5) is 58.6. The minimum Gasteiger partial charge on any atom is -0.323 e. The van der Waals surface area contributed by atoms with Crippen molar-refractivity contribution in [2.45, 2.75) is 18.9 Å². The van der Waals surface area contributed by atoms with Gasteiger partial charge in [-0.2, -0.15) is 5.10 Å². The molecule has 2 aromatic heterocycles. The zero-order chi connectivity index (χ0) is 24.6. The summed E-state index contributed by atoms with van der Waals surface area (Å²) in [5.74, 6) is -1.05. The smallest absolute Gasteiger partial charge is 0.323 e. The minimum atomic E-state index is -1.22. The van der Waals surface area contributed by atoms with Crippen LogP contribution in [0.3, 0.4) is 0 Å². The number of carbonyl (C=O) groups excluding carboxylic acids is 3. The summed E-state index contributed by atoms with van der Waals surface area (Å²) in [7, 11) is 0. The van der Waals surface area contributed by atoms with Crippen LogP contribution in [0.2, 0.25) is 0 Å². The van der Waals surface area contributed by atoms with Crippen LogP contribution in [-0.4, -0.2) is 49.0 Å². The number of aromatic nitrogens is 4. The number of imide groups is 1. The molecule has 11 heteroatoms. The second-order valence-electron chi connectivity index (χ2n) is 8.04. The zero-order valence-corrected chi connectivity index (χ0v) is 18.7. The average Bonchev–Trinajstić information content (AvgIpc) is 3.41. The first-order chi connectivity index (χ1) is 16.9. The average molecular weight is 471 g/mol. The van der Waals surface area contributed by atoms with Crippen LogP contribution < -0.4 is 16.2 Å². The molecule has 1 unspecified atom stereocenters. The topological polar surface area (TPSA) is 142 Å². The van der Waals surface area contributed by atoms with Crippen LogP contribution in [0.1, 0.15) is 18.9 Å². The second-order valence-corrected chi connectivity index (χ2v) is 8.04. The number of fused-ring (bicyclic) bond motifs is 1. The maximum Gasteiger partial charge on any atom is 0.325 e. The van der Waals surface area contributed by atoms with Gasteiger partial charge in [-0.25, -0.2) is 14.5 Å². The van der Waals surface area contributed by atoms with Gasteiger partial charge in [0.05, 0.1) is 23.9 Å². The Balaban J connectivity index is 1.40. The van der Waals surface area contributed by atoms with Crippen molar-refractivity contribution in [3.05, 3.63) is 83.0 Å². The molecule has 1 fully saturated rings. The molecule has 2 aromatic carbocycles. The molecule has 0 radical (unpaired) electrons. The highest BCUT2D eigenvalue weighted by Gasteiger charge is 2.51. The van der Waals surface area contributed by atoms with Crippen molar-refractivity contribution in [1.29, 1.82) is 0 Å². The molecule has 0 spiro atoms. The molecule has 0 bridgehead atoms. The summed E-state index contributed by atoms with van der Waals surface area (Å²) in [6.07, 6.45) is 3.00. The van der Waals surface area contributed by atoms with Gasteiger partial charge in [0.15, 0.2) is 5.65 Å². The number of para-hydroxylation sites is 2. The van der Waals surface area contributed by atoms with Gasteiger partial charge in [-0.1, -0.05) is 49.4 Å². The van der Waals surface area contributed by atoms with E-state index in [1.807, 2.05) is 6.07 Å². The number of hydrogen-bond acceptors (Lipinski definition) is 6. The molecule has 1 aliphatic heterocycles. The molecule has 11 nitrogen and oxygen atoms in total. The monoisotopic (exact) mass is 471 g/mol. The van der Waals surface area contributed by atoms with Crippen molar-refractivity contribution in [3.8, 4) is 5.69 Å². The van der Waals surface area contributed by atoms with E-state index in [2.05, 4.69) is 25.7 Å². The lowest BCUT2D eigenvalue weighted by Gasteiger charge is -2.25. The molecule has 0 saturated carbocycles. The Morgan fingerprint density at radius 1 is 1.06 bits per heavy atom. The number of carbonyl (C=O) groups is 3. The number of H-pyrrole nitrogens is 1. The van der Waals surface area contributed by atoms with Gasteiger partial charge in [0, 0.05) is 0 Å². The van der Waals surface area contributed by atoms with Gasteiger partial charge in [0.25, 0.3) is 11.5 Å². The quantitative estimate of drug-likeness (QED) is 0.367. The molecule has 3 heterocycles. The molecule has 1 saturated heterocycles. The Morgan fingerprint density at radius 3 is 2.57 bits per heavy atom. The Bertz CT molecular complexity index is 1510. The van der Waals surface area contributed by atoms with E-state index in [9.17, 15) is 19.2 Å². The predicted octanol–water partition coefficient (Wildman–Crippen LogP) is 1.90. The van der Waals surface area contributed by atoms with Crippen molar-refractivity contribution >= 4 is 34.6 Å². The third-order valence-electron chi connectivity index (χ3n) is 6.05. The predicted molar refractivity (Wildman–Crippen MR) is 127 cm³/mol. The maximum absolute atomic E-state index is 13.3. The summed E-state index contributed by atoms with van der Waals surface area (Å²) in [6.45, 7) is 1.34. The number of rotatable bonds is 6. The summed E-state index contributed by atoms with van der Waals surface area (Å²) >= 11 is 0. The van der Waals surface area contributed by atoms with Gasteiger partial charge in [-0.15, -0.1) is 0 Å². The fourth-order valence-electron chi connectivity index (χ4n) is 4.26. The number of anilines is 1. The first-order valence-corrected chi connectivity index (χ1v) is 10.9. The number of nitrogens with one attached hydrogen (secondary N) is 3. The van der Waals surface area contributed by atoms with Gasteiger partial charge in [-0.3, -0.25) is 19.3 Å². The second kappa shape index (κ2) is 8.52. The van der Waals surface area contributed by atoms with Crippen LogP contribution in [-0.2, 0) is 15.1 Å². The molecule has 35 heavy (non-hydrogen) atoms. The van der Waals surface area contributed by atoms with Gasteiger partial charge >= 0.3 is 6.03 Å². The number of benzene rings is 2. The maximum atomic E-state index is 13.3. The number of urea groups is 1. The van der Waals surface area contributed by atoms with Gasteiger partial charge in [-0.05, 0) is 24.1 Å². The van der Waals surface area contributed by atoms with Crippen molar-refractivity contribution in [2.24, 2.45) is 0 Å². The third-order valence-corrected chi connectivity index (χ3v) is 6.05. The molecule has 1 atom stereocenters. The highest BCUT2D eigenvalue weighted by Crippen LogP contribution is 2.32. The first-order valence-electron chi connectivity index (χ1n) is 10.9. The van der Waals surface area contributed by atoms with E-state index in [-0.39, 0.29) is 5.56 Å². The van der Waals surface area contributed by atoms with E-state index >= 15 is 0 Å². The number of aromatic amines is 1. The summed E-state index contributed by atoms with van der Waals surface area (Å²) in [5, 5.41) is 10.0. The van der Waals surface area contributed by atoms with Crippen molar-refractivity contribution in [2.75, 3.05) is 11.9 Å². The van der Waals surface area contributed by atoms with E-state index < -0.39 is 29.9 Å². The van der Waals surface area contributed by atoms with Crippen molar-refractivity contribution < 1.29 is 14.4 Å². The SMILES string of the molecule is CCC1(c2ccccc2)NC(=O)N(CC(=O)Nc2ccccc2-n2ncc3c(=O)[nH]cnc32)C1=O. The largest absolute Gasteiger partial charge is 0.325 e. The molecule has 176 valence electrons. The highest BCUT2D eigenvalue weighted by molar-refractivity contribution is 6.10. The van der Waals surface area contributed by atoms with E-state index in [1.165, 1.54) is 17.2 Å². The molecule has 4 amide bonds. The summed E-state index contributed by atoms with van der Waals surface area (Å²) in [5.41, 5.74) is 0.268. The van der Waals surface area contributed by atoms with Crippen molar-refractivity contribution in [1.82, 2.24) is 30.0 Å². The van der Waals surface area contributed by atoms with Crippen LogP contribution in [0.15, 0.2) is 71.9 Å². The lowest BCUT2D eigenvalue weighted by atomic mass is 9.87. The van der Waals surface area contributed by atoms with E-state index in [0.717, 1.165) is 4.90 Å². The van der Waals surface area contributed by atoms with Crippen LogP contribution in [0.5, 0.6) is 0 Å². The lowest BCUT2D eigenvalue weighted by Crippen LogP contribution is -2.44. The van der Waals surface area contributed by atoms with Crippen LogP contribution in [0.25, 0.3) is 16.7 Å². The molecule has 1 aliphatic rings. The van der Waals surface area contributed by atoms with Crippen LogP contribution >= 0.6 is 0 Å². The number of hydrogen-bond donors (Lipinski definition) is 3. The van der Waals surface area contributed by atoms with Crippen molar-refractivity contribution in [3.63, 3.8) is 0 Å². The molecule has 5 rings (SSSR count). The Labute approximate surface area is 198 Å². The third kappa shape index (κ3) is 3.62. The fraction of sp³-hybridized carbons (Fsp3) is 0.167. The number of nitrogens with zero attached hydrogens (tertiary/aromatic N) is 4. The molecule has 4 aromatic rings. The minimum absolute atomic E-state index is 0.296. The van der Waals surface area contributed by atoms with Gasteiger partial charge in [0.2, 0.25) is 5.91 Å². The van der Waals surface area contributed by atoms with E-state index in [0.29, 0.717) is 34.4 Å². The molecule has 0 aliphatic carbocycles. The van der Waals surface area contributed by atoms with Crippen LogP contribution in [0, 0.1) is 0 Å². The van der Waals surface area contributed by atoms with Crippen LogP contribution in [0.4, 0.5) is 10.5 Å². The lowest BCUT2D eigenvalue weighted by molar-refractivity contribution is -0.134. The van der Waals surface area contributed by atoms with E-state index in [4.69, 9.17) is 0 Å². The Morgan fingerprint density at radius 2 is 1.80 bits per heavy atom. The standard InChI is InChI=1S/C24H21N7O4/c1-2-24(15-8-4-3-5-9-15)22(34)30(23(35)29-24)13-19(32)28-17-10-6-7-11-18(17)31-20-16(12-27-31)21(33)26-14-25-20/h3-12,14H,2,13H2,1H3,(H,28,32)(H,29,35)(H,25,26,33). The summed E-state index contributed by atoms with van der Waals surface area (Å²) < 4.78 is 1.44. The zero-order valence-electron chi connectivity index (χ0n) is 18.7. The normalized spacial score (nSPS) is 17.6. The fourth-order valence-corrected chi connectivity index (χ4v) is 4.26. The highest BCUT2D eigenvalue weighted by atomic mass is 16.2. The number of amides is 4. The van der Waals surface area contributed by atoms with Gasteiger partial charge in [0.1, 0.15) is 17.5 Å². The molecule has 3 N–H and O–H groups in total. The Kier molecular flexibility index (Phi) is 5.36. The summed E-state index contributed by atoms with van der Waals surface area (Å²) in [6, 6.07) is 15.1. The molecular weight excluding hydrogens is 450 g/mol. The molecular formula is C24H21N7O4.